The fraction of sp³-hybridized carbons (Fsp3) is 0.308. The number of fused-ring (bicyclic) bond motifs is 1. The molecule has 11 heteroatoms. The quantitative estimate of drug-likeness (QED) is 0.380. The van der Waals surface area contributed by atoms with Crippen molar-refractivity contribution < 1.29 is 40.2 Å². The first-order valence-corrected chi connectivity index (χ1v) is 12.8. The first-order valence-electron chi connectivity index (χ1n) is 11.4. The van der Waals surface area contributed by atoms with Crippen molar-refractivity contribution in [2.24, 2.45) is 0 Å². The van der Waals surface area contributed by atoms with Gasteiger partial charge in [-0.2, -0.15) is 13.2 Å². The van der Waals surface area contributed by atoms with Gasteiger partial charge in [0.1, 0.15) is 23.5 Å². The number of nitrogens with zero attached hydrogens (tertiary/aromatic N) is 1. The minimum atomic E-state index is -4.76. The predicted octanol–water partition coefficient (Wildman–Crippen LogP) is 6.16. The molecule has 0 aliphatic carbocycles. The number of hydrogen-bond donors (Lipinski definition) is 1. The van der Waals surface area contributed by atoms with Gasteiger partial charge in [0.05, 0.1) is 28.3 Å². The first-order chi connectivity index (χ1) is 17.2. The summed E-state index contributed by atoms with van der Waals surface area (Å²) in [5.74, 6) is -1.39. The van der Waals surface area contributed by atoms with Gasteiger partial charge in [0.15, 0.2) is 0 Å². The van der Waals surface area contributed by atoms with Crippen molar-refractivity contribution in [2.45, 2.75) is 49.5 Å². The Hall–Kier alpha value is -3.18. The zero-order valence-electron chi connectivity index (χ0n) is 19.9. The molecule has 1 aliphatic rings. The third kappa shape index (κ3) is 5.57. The number of ether oxygens (including phenoxy) is 1. The Bertz CT molecular complexity index is 1420. The molecule has 1 N–H and O–H groups in total. The van der Waals surface area contributed by atoms with Crippen LogP contribution in [0.4, 0.5) is 27.6 Å². The van der Waals surface area contributed by atoms with Gasteiger partial charge < -0.3 is 9.84 Å². The fourth-order valence-electron chi connectivity index (χ4n) is 4.13. The molecular weight excluding hydrogens is 517 g/mol. The molecule has 0 aromatic heterocycles. The minimum Gasteiger partial charge on any atom is -0.486 e. The minimum absolute atomic E-state index is 0.0395. The summed E-state index contributed by atoms with van der Waals surface area (Å²) in [5.41, 5.74) is -2.37. The van der Waals surface area contributed by atoms with E-state index in [1.54, 1.807) is 13.8 Å². The molecule has 0 saturated carbocycles. The lowest BCUT2D eigenvalue weighted by Gasteiger charge is -2.38. The Kier molecular flexibility index (Phi) is 6.98. The number of aliphatic hydroxyl groups is 1. The van der Waals surface area contributed by atoms with Crippen molar-refractivity contribution in [3.05, 3.63) is 77.9 Å². The highest BCUT2D eigenvalue weighted by atomic mass is 32.2. The summed E-state index contributed by atoms with van der Waals surface area (Å²) in [6.45, 7) is 2.98. The van der Waals surface area contributed by atoms with E-state index in [9.17, 15) is 35.5 Å². The van der Waals surface area contributed by atoms with Gasteiger partial charge in [0.25, 0.3) is 10.0 Å². The Morgan fingerprint density at radius 1 is 1.05 bits per heavy atom. The summed E-state index contributed by atoms with van der Waals surface area (Å²) in [6, 6.07) is 10.3. The van der Waals surface area contributed by atoms with Crippen LogP contribution >= 0.6 is 0 Å². The molecular formula is C26H24F5NO4S. The summed E-state index contributed by atoms with van der Waals surface area (Å²) < 4.78 is 102. The highest BCUT2D eigenvalue weighted by Crippen LogP contribution is 2.42. The summed E-state index contributed by atoms with van der Waals surface area (Å²) in [6.07, 6.45) is -5.21. The third-order valence-corrected chi connectivity index (χ3v) is 8.08. The molecule has 37 heavy (non-hydrogen) atoms. The molecule has 4 rings (SSSR count). The van der Waals surface area contributed by atoms with E-state index in [0.29, 0.717) is 12.5 Å². The average molecular weight is 542 g/mol. The van der Waals surface area contributed by atoms with Crippen LogP contribution in [0.3, 0.4) is 0 Å². The number of benzene rings is 3. The van der Waals surface area contributed by atoms with E-state index in [1.165, 1.54) is 18.2 Å². The second-order valence-electron chi connectivity index (χ2n) is 9.16. The second-order valence-corrected chi connectivity index (χ2v) is 11.0. The maximum absolute atomic E-state index is 14.5. The van der Waals surface area contributed by atoms with Crippen molar-refractivity contribution in [3.63, 3.8) is 0 Å². The van der Waals surface area contributed by atoms with Crippen LogP contribution in [0, 0.1) is 11.6 Å². The van der Waals surface area contributed by atoms with Gasteiger partial charge in [-0.25, -0.2) is 17.2 Å². The number of alkyl halides is 3. The molecule has 2 unspecified atom stereocenters. The van der Waals surface area contributed by atoms with Gasteiger partial charge in [0, 0.05) is 12.0 Å². The number of hydrogen-bond acceptors (Lipinski definition) is 4. The Morgan fingerprint density at radius 3 is 2.46 bits per heavy atom. The fourth-order valence-corrected chi connectivity index (χ4v) is 5.67. The topological polar surface area (TPSA) is 66.8 Å². The average Bonchev–Trinajstić information content (AvgIpc) is 2.84. The van der Waals surface area contributed by atoms with Crippen molar-refractivity contribution in [1.82, 2.24) is 0 Å². The molecule has 3 aromatic rings. The van der Waals surface area contributed by atoms with Gasteiger partial charge >= 0.3 is 6.18 Å². The number of rotatable bonds is 6. The Morgan fingerprint density at radius 2 is 1.78 bits per heavy atom. The highest BCUT2D eigenvalue weighted by molar-refractivity contribution is 7.92. The van der Waals surface area contributed by atoms with Gasteiger partial charge in [-0.3, -0.25) is 4.31 Å². The molecule has 0 saturated heterocycles. The van der Waals surface area contributed by atoms with Crippen LogP contribution in [0.5, 0.6) is 5.75 Å². The summed E-state index contributed by atoms with van der Waals surface area (Å²) in [7, 11) is -4.57. The van der Waals surface area contributed by atoms with Crippen LogP contribution < -0.4 is 9.04 Å². The van der Waals surface area contributed by atoms with Gasteiger partial charge in [-0.05, 0) is 67.4 Å². The van der Waals surface area contributed by atoms with Crippen molar-refractivity contribution in [3.8, 4) is 16.9 Å². The zero-order chi connectivity index (χ0) is 27.2. The van der Waals surface area contributed by atoms with E-state index in [4.69, 9.17) is 4.74 Å². The smallest absolute Gasteiger partial charge is 0.416 e. The molecule has 0 bridgehead atoms. The van der Waals surface area contributed by atoms with Crippen LogP contribution in [0.1, 0.15) is 32.3 Å². The third-order valence-electron chi connectivity index (χ3n) is 6.31. The van der Waals surface area contributed by atoms with Gasteiger partial charge in [0.2, 0.25) is 0 Å². The number of halogens is 5. The van der Waals surface area contributed by atoms with E-state index in [0.717, 1.165) is 40.7 Å². The van der Waals surface area contributed by atoms with Gasteiger partial charge in [-0.1, -0.05) is 19.1 Å². The van der Waals surface area contributed by atoms with Crippen LogP contribution in [-0.4, -0.2) is 31.8 Å². The number of sulfonamides is 1. The second kappa shape index (κ2) is 9.60. The largest absolute Gasteiger partial charge is 0.486 e. The van der Waals surface area contributed by atoms with Crippen molar-refractivity contribution in [2.75, 3.05) is 10.8 Å². The zero-order valence-corrected chi connectivity index (χ0v) is 20.7. The van der Waals surface area contributed by atoms with Crippen molar-refractivity contribution >= 4 is 15.7 Å². The molecule has 2 atom stereocenters. The lowest BCUT2D eigenvalue weighted by atomic mass is 9.94. The van der Waals surface area contributed by atoms with Crippen LogP contribution in [-0.2, 0) is 16.2 Å². The molecule has 5 nitrogen and oxygen atoms in total. The first kappa shape index (κ1) is 26.9. The standard InChI is InChI=1S/C26H24F5NO4S/c1-3-25(2,33)14-19-15-32(37(34,35)20-6-4-5-17(12-20)26(29,30)31)23-11-16(7-10-24(23)36-19)21-13-18(27)8-9-22(21)28/h4-13,19,33H,3,14-15H2,1-2H3. The molecule has 1 aliphatic heterocycles. The lowest BCUT2D eigenvalue weighted by Crippen LogP contribution is -2.46. The van der Waals surface area contributed by atoms with Crippen LogP contribution in [0.25, 0.3) is 11.1 Å². The monoisotopic (exact) mass is 541 g/mol. The van der Waals surface area contributed by atoms with E-state index in [-0.39, 0.29) is 35.5 Å². The molecule has 0 amide bonds. The highest BCUT2D eigenvalue weighted by Gasteiger charge is 2.39. The molecule has 3 aromatic carbocycles. The van der Waals surface area contributed by atoms with E-state index in [1.807, 2.05) is 0 Å². The predicted molar refractivity (Wildman–Crippen MR) is 128 cm³/mol. The van der Waals surface area contributed by atoms with Crippen LogP contribution in [0.2, 0.25) is 0 Å². The Balaban J connectivity index is 1.85. The Labute approximate surface area is 211 Å². The van der Waals surface area contributed by atoms with Gasteiger partial charge in [-0.15, -0.1) is 0 Å². The summed E-state index contributed by atoms with van der Waals surface area (Å²) >= 11 is 0. The number of anilines is 1. The van der Waals surface area contributed by atoms with E-state index in [2.05, 4.69) is 0 Å². The van der Waals surface area contributed by atoms with Crippen molar-refractivity contribution in [1.29, 1.82) is 0 Å². The van der Waals surface area contributed by atoms with E-state index < -0.39 is 50.0 Å². The molecule has 1 heterocycles. The van der Waals surface area contributed by atoms with E-state index >= 15 is 0 Å². The maximum atomic E-state index is 14.5. The van der Waals surface area contributed by atoms with Crippen LogP contribution in [0.15, 0.2) is 65.6 Å². The molecule has 198 valence electrons. The summed E-state index contributed by atoms with van der Waals surface area (Å²) in [5, 5.41) is 10.6. The normalized spacial score (nSPS) is 17.6. The summed E-state index contributed by atoms with van der Waals surface area (Å²) in [4.78, 5) is -0.599. The molecule has 0 spiro atoms. The SMILES string of the molecule is CCC(C)(O)CC1CN(S(=O)(=O)c2cccc(C(F)(F)F)c2)c2cc(-c3cc(F)ccc3F)ccc2O1. The molecule has 0 fully saturated rings. The lowest BCUT2D eigenvalue weighted by molar-refractivity contribution is -0.137. The molecule has 0 radical (unpaired) electrons. The maximum Gasteiger partial charge on any atom is 0.416 e.